The lowest BCUT2D eigenvalue weighted by Crippen LogP contribution is -2.30. The van der Waals surface area contributed by atoms with Crippen LogP contribution in [0.15, 0.2) is 97.1 Å². The molecule has 0 bridgehead atoms. The molecule has 4 aromatic carbocycles. The van der Waals surface area contributed by atoms with Crippen molar-refractivity contribution in [1.82, 2.24) is 0 Å². The first-order valence-corrected chi connectivity index (χ1v) is 14.2. The maximum atomic E-state index is 6.93. The van der Waals surface area contributed by atoms with Crippen molar-refractivity contribution >= 4 is 55.5 Å². The minimum atomic E-state index is -0.138. The molecule has 0 atom stereocenters. The third kappa shape index (κ3) is 3.17. The predicted octanol–water partition coefficient (Wildman–Crippen LogP) is 9.13. The summed E-state index contributed by atoms with van der Waals surface area (Å²) >= 11 is 1.66. The fourth-order valence-corrected chi connectivity index (χ4v) is 7.74. The van der Waals surface area contributed by atoms with E-state index in [0.717, 1.165) is 32.8 Å². The third-order valence-electron chi connectivity index (χ3n) is 8.62. The first-order valence-electron chi connectivity index (χ1n) is 13.4. The van der Waals surface area contributed by atoms with Gasteiger partial charge in [0.2, 0.25) is 0 Å². The molecule has 0 unspecified atom stereocenters. The molecule has 0 aliphatic carbocycles. The molecule has 1 aromatic heterocycles. The normalized spacial score (nSPS) is 16.2. The second kappa shape index (κ2) is 8.14. The van der Waals surface area contributed by atoms with Crippen molar-refractivity contribution in [3.63, 3.8) is 0 Å². The molecule has 2 aliphatic heterocycles. The maximum Gasteiger partial charge on any atom is 0.128 e. The highest BCUT2D eigenvalue weighted by Gasteiger charge is 2.41. The van der Waals surface area contributed by atoms with E-state index in [4.69, 9.17) is 11.5 Å². The lowest BCUT2D eigenvalue weighted by Gasteiger charge is -2.42. The third-order valence-corrected chi connectivity index (χ3v) is 9.82. The van der Waals surface area contributed by atoms with Crippen LogP contribution in [0, 0.1) is 0 Å². The Morgan fingerprint density at radius 1 is 0.462 bits per heavy atom. The fourth-order valence-electron chi connectivity index (χ4n) is 6.54. The number of fused-ring (bicyclic) bond motifs is 4. The molecule has 5 aromatic rings. The summed E-state index contributed by atoms with van der Waals surface area (Å²) in [7, 11) is 0. The molecule has 4 nitrogen and oxygen atoms in total. The van der Waals surface area contributed by atoms with Crippen molar-refractivity contribution in [1.29, 1.82) is 0 Å². The van der Waals surface area contributed by atoms with Crippen LogP contribution in [-0.4, -0.2) is 0 Å². The molecular weight excluding hydrogens is 496 g/mol. The first kappa shape index (κ1) is 23.9. The largest absolute Gasteiger partial charge is 0.395 e. The molecular formula is C34H32N4S. The number of rotatable bonds is 2. The Morgan fingerprint density at radius 3 is 1.00 bits per heavy atom. The highest BCUT2D eigenvalue weighted by Crippen LogP contribution is 2.60. The van der Waals surface area contributed by atoms with E-state index in [1.54, 1.807) is 11.3 Å². The van der Waals surface area contributed by atoms with Crippen LogP contribution >= 0.6 is 11.3 Å². The van der Waals surface area contributed by atoms with Gasteiger partial charge in [0.25, 0.3) is 0 Å². The zero-order chi connectivity index (χ0) is 27.1. The van der Waals surface area contributed by atoms with Gasteiger partial charge in [0.05, 0.1) is 34.1 Å². The van der Waals surface area contributed by atoms with E-state index in [1.165, 1.54) is 22.3 Å². The van der Waals surface area contributed by atoms with Gasteiger partial charge in [-0.2, -0.15) is 0 Å². The van der Waals surface area contributed by atoms with Gasteiger partial charge < -0.3 is 11.5 Å². The van der Waals surface area contributed by atoms with E-state index < -0.39 is 0 Å². The van der Waals surface area contributed by atoms with Crippen LogP contribution in [0.5, 0.6) is 0 Å². The summed E-state index contributed by atoms with van der Waals surface area (Å²) in [5.41, 5.74) is 24.5. The topological polar surface area (TPSA) is 58.5 Å². The van der Waals surface area contributed by atoms with Crippen molar-refractivity contribution < 1.29 is 0 Å². The molecule has 0 amide bonds. The van der Waals surface area contributed by atoms with E-state index in [1.807, 2.05) is 0 Å². The summed E-state index contributed by atoms with van der Waals surface area (Å²) in [5, 5.41) is 1.88. The Labute approximate surface area is 234 Å². The van der Waals surface area contributed by atoms with Crippen molar-refractivity contribution in [3.8, 4) is 0 Å². The Morgan fingerprint density at radius 2 is 0.718 bits per heavy atom. The molecule has 0 saturated heterocycles. The first-order chi connectivity index (χ1) is 18.7. The molecule has 5 heteroatoms. The Balaban J connectivity index is 1.48. The van der Waals surface area contributed by atoms with Gasteiger partial charge in [-0.3, -0.25) is 9.80 Å². The number of benzene rings is 4. The Hall–Kier alpha value is -4.22. The minimum absolute atomic E-state index is 0.138. The summed E-state index contributed by atoms with van der Waals surface area (Å²) in [6.45, 7) is 9.18. The summed E-state index contributed by atoms with van der Waals surface area (Å²) in [4.78, 5) is 4.61. The molecule has 0 saturated carbocycles. The van der Waals surface area contributed by atoms with Crippen molar-refractivity contribution in [2.24, 2.45) is 0 Å². The molecule has 194 valence electrons. The number of nitrogen functional groups attached to an aromatic ring is 2. The van der Waals surface area contributed by atoms with Crippen molar-refractivity contribution in [3.05, 3.63) is 119 Å². The van der Waals surface area contributed by atoms with Gasteiger partial charge in [0.1, 0.15) is 10.0 Å². The van der Waals surface area contributed by atoms with Crippen LogP contribution in [0.2, 0.25) is 0 Å². The van der Waals surface area contributed by atoms with Crippen LogP contribution in [0.1, 0.15) is 49.9 Å². The minimum Gasteiger partial charge on any atom is -0.395 e. The zero-order valence-corrected chi connectivity index (χ0v) is 23.5. The zero-order valence-electron chi connectivity index (χ0n) is 22.7. The van der Waals surface area contributed by atoms with Gasteiger partial charge in [-0.15, -0.1) is 0 Å². The highest BCUT2D eigenvalue weighted by molar-refractivity contribution is 7.21. The van der Waals surface area contributed by atoms with E-state index in [0.29, 0.717) is 11.4 Å². The second-order valence-electron chi connectivity index (χ2n) is 11.5. The smallest absolute Gasteiger partial charge is 0.128 e. The van der Waals surface area contributed by atoms with Gasteiger partial charge in [-0.1, -0.05) is 112 Å². The van der Waals surface area contributed by atoms with E-state index >= 15 is 0 Å². The molecule has 2 aliphatic rings. The molecule has 0 fully saturated rings. The summed E-state index contributed by atoms with van der Waals surface area (Å²) < 4.78 is 0. The predicted molar refractivity (Wildman–Crippen MR) is 167 cm³/mol. The van der Waals surface area contributed by atoms with Crippen LogP contribution in [0.3, 0.4) is 0 Å². The molecule has 4 N–H and O–H groups in total. The molecule has 0 spiro atoms. The van der Waals surface area contributed by atoms with Gasteiger partial charge in [0.15, 0.2) is 0 Å². The maximum absolute atomic E-state index is 6.93. The average molecular weight is 529 g/mol. The summed E-state index contributed by atoms with van der Waals surface area (Å²) in [6, 6.07) is 34.5. The van der Waals surface area contributed by atoms with Crippen LogP contribution < -0.4 is 21.3 Å². The molecule has 3 heterocycles. The SMILES string of the molecule is CC1(C)c2ccccc2N(c2sc(N3c4ccccc4C(C)(C)c4ccccc43)c(N)c2N)c2ccccc21. The van der Waals surface area contributed by atoms with E-state index in [9.17, 15) is 0 Å². The van der Waals surface area contributed by atoms with Crippen LogP contribution in [-0.2, 0) is 10.8 Å². The summed E-state index contributed by atoms with van der Waals surface area (Å²) in [6.07, 6.45) is 0. The van der Waals surface area contributed by atoms with Crippen molar-refractivity contribution in [2.45, 2.75) is 38.5 Å². The number of anilines is 8. The lowest BCUT2D eigenvalue weighted by atomic mass is 9.73. The van der Waals surface area contributed by atoms with Gasteiger partial charge in [0, 0.05) is 10.8 Å². The number of hydrogen-bond donors (Lipinski definition) is 2. The van der Waals surface area contributed by atoms with Crippen LogP contribution in [0.25, 0.3) is 0 Å². The van der Waals surface area contributed by atoms with Gasteiger partial charge in [-0.25, -0.2) is 0 Å². The average Bonchev–Trinajstić information content (AvgIpc) is 3.23. The number of thiophene rings is 1. The second-order valence-corrected chi connectivity index (χ2v) is 12.5. The lowest BCUT2D eigenvalue weighted by molar-refractivity contribution is 0.632. The number of nitrogens with zero attached hydrogens (tertiary/aromatic N) is 2. The Kier molecular flexibility index (Phi) is 4.98. The van der Waals surface area contributed by atoms with E-state index in [2.05, 4.69) is 135 Å². The number of para-hydroxylation sites is 4. The molecule has 0 radical (unpaired) electrons. The van der Waals surface area contributed by atoms with Crippen molar-refractivity contribution in [2.75, 3.05) is 21.3 Å². The van der Waals surface area contributed by atoms with Crippen LogP contribution in [0.4, 0.5) is 44.1 Å². The highest BCUT2D eigenvalue weighted by atomic mass is 32.1. The van der Waals surface area contributed by atoms with Gasteiger partial charge in [-0.05, 0) is 46.5 Å². The fraction of sp³-hybridized carbons (Fsp3) is 0.176. The molecule has 7 rings (SSSR count). The number of hydrogen-bond acceptors (Lipinski definition) is 5. The number of nitrogens with two attached hydrogens (primary N) is 2. The summed E-state index contributed by atoms with van der Waals surface area (Å²) in [5.74, 6) is 0. The molecule has 39 heavy (non-hydrogen) atoms. The van der Waals surface area contributed by atoms with E-state index in [-0.39, 0.29) is 10.8 Å². The Bertz CT molecular complexity index is 1540. The quantitative estimate of drug-likeness (QED) is 0.240. The monoisotopic (exact) mass is 528 g/mol. The standard InChI is InChI=1S/C34H32N4S/c1-33(2)21-13-5-9-17-25(21)37(26-18-10-6-14-22(26)33)31-29(35)30(36)32(39-31)38-27-19-11-7-15-23(27)34(3,4)24-16-8-12-20-28(24)38/h5-20H,35-36H2,1-4H3. The van der Waals surface area contributed by atoms with Gasteiger partial charge >= 0.3 is 0 Å².